The average molecular weight is 361 g/mol. The van der Waals surface area contributed by atoms with Crippen LogP contribution in [0.2, 0.25) is 0 Å². The van der Waals surface area contributed by atoms with Crippen molar-refractivity contribution in [3.63, 3.8) is 0 Å². The van der Waals surface area contributed by atoms with Crippen molar-refractivity contribution < 1.29 is 19.1 Å². The van der Waals surface area contributed by atoms with Gasteiger partial charge in [0.2, 0.25) is 5.91 Å². The molecule has 0 radical (unpaired) electrons. The summed E-state index contributed by atoms with van der Waals surface area (Å²) in [6.45, 7) is 5.13. The van der Waals surface area contributed by atoms with Crippen LogP contribution in [0, 0.1) is 5.92 Å². The van der Waals surface area contributed by atoms with E-state index in [2.05, 4.69) is 10.6 Å². The Morgan fingerprint density at radius 1 is 1.15 bits per heavy atom. The fourth-order valence-electron chi connectivity index (χ4n) is 3.01. The molecule has 1 fully saturated rings. The van der Waals surface area contributed by atoms with Crippen LogP contribution in [0.4, 0.5) is 4.79 Å². The Kier molecular flexibility index (Phi) is 7.15. The molecule has 1 aliphatic heterocycles. The van der Waals surface area contributed by atoms with E-state index in [9.17, 15) is 14.4 Å². The van der Waals surface area contributed by atoms with Gasteiger partial charge in [0.25, 0.3) is 0 Å². The molecular weight excluding hydrogens is 334 g/mol. The summed E-state index contributed by atoms with van der Waals surface area (Å²) in [5.41, 5.74) is 0.687. The molecule has 26 heavy (non-hydrogen) atoms. The highest BCUT2D eigenvalue weighted by Crippen LogP contribution is 2.23. The molecule has 0 spiro atoms. The minimum atomic E-state index is -0.477. The zero-order valence-corrected chi connectivity index (χ0v) is 15.6. The van der Waals surface area contributed by atoms with Gasteiger partial charge < -0.3 is 10.1 Å². The summed E-state index contributed by atoms with van der Waals surface area (Å²) in [6.07, 6.45) is 1.41. The molecule has 7 nitrogen and oxygen atoms in total. The normalized spacial score (nSPS) is 15.5. The summed E-state index contributed by atoms with van der Waals surface area (Å²) in [4.78, 5) is 38.0. The molecule has 0 saturated carbocycles. The molecular formula is C19H27N3O4. The monoisotopic (exact) mass is 361 g/mol. The molecule has 0 unspecified atom stereocenters. The number of amides is 3. The second-order valence-electron chi connectivity index (χ2n) is 6.82. The van der Waals surface area contributed by atoms with E-state index in [0.717, 1.165) is 5.75 Å². The van der Waals surface area contributed by atoms with Crippen LogP contribution in [-0.4, -0.2) is 55.4 Å². The lowest BCUT2D eigenvalue weighted by atomic mass is 9.89. The number of hydrogen-bond donors (Lipinski definition) is 2. The van der Waals surface area contributed by atoms with Gasteiger partial charge in [0, 0.05) is 17.5 Å². The number of Topliss-reactive ketones (excluding diaryl/α,β-unsaturated/α-hetero) is 1. The van der Waals surface area contributed by atoms with Gasteiger partial charge in [-0.15, -0.1) is 0 Å². The van der Waals surface area contributed by atoms with Crippen molar-refractivity contribution in [1.82, 2.24) is 15.5 Å². The van der Waals surface area contributed by atoms with Crippen LogP contribution in [0.3, 0.4) is 0 Å². The summed E-state index contributed by atoms with van der Waals surface area (Å²) < 4.78 is 5.11. The number of hydrogen-bond acceptors (Lipinski definition) is 5. The molecule has 2 N–H and O–H groups in total. The Bertz CT molecular complexity index is 635. The number of imide groups is 1. The molecule has 142 valence electrons. The Hall–Kier alpha value is -2.41. The molecule has 1 saturated heterocycles. The molecule has 7 heteroatoms. The largest absolute Gasteiger partial charge is 0.497 e. The summed E-state index contributed by atoms with van der Waals surface area (Å²) in [6, 6.07) is 6.64. The van der Waals surface area contributed by atoms with Gasteiger partial charge in [-0.3, -0.25) is 19.8 Å². The lowest BCUT2D eigenvalue weighted by Crippen LogP contribution is -2.48. The Morgan fingerprint density at radius 2 is 1.77 bits per heavy atom. The fourth-order valence-corrected chi connectivity index (χ4v) is 3.01. The maximum absolute atomic E-state index is 12.6. The number of likely N-dealkylation sites (tertiary alicyclic amines) is 1. The minimum Gasteiger partial charge on any atom is -0.497 e. The first-order chi connectivity index (χ1) is 12.4. The Labute approximate surface area is 154 Å². The van der Waals surface area contributed by atoms with Crippen molar-refractivity contribution in [3.8, 4) is 5.75 Å². The lowest BCUT2D eigenvalue weighted by Gasteiger charge is -2.30. The van der Waals surface area contributed by atoms with E-state index in [1.807, 2.05) is 18.7 Å². The van der Waals surface area contributed by atoms with Crippen molar-refractivity contribution >= 4 is 17.7 Å². The van der Waals surface area contributed by atoms with E-state index in [-0.39, 0.29) is 30.2 Å². The highest BCUT2D eigenvalue weighted by atomic mass is 16.5. The first-order valence-electron chi connectivity index (χ1n) is 8.90. The maximum Gasteiger partial charge on any atom is 0.321 e. The SMILES string of the molecule is COc1ccc(C(=O)C2CCN(CC(=O)NC(=O)NC(C)C)CC2)cc1. The number of ether oxygens (including phenoxy) is 1. The van der Waals surface area contributed by atoms with Crippen molar-refractivity contribution in [3.05, 3.63) is 29.8 Å². The second-order valence-corrected chi connectivity index (χ2v) is 6.82. The van der Waals surface area contributed by atoms with Crippen LogP contribution < -0.4 is 15.4 Å². The number of carbonyl (C=O) groups is 3. The van der Waals surface area contributed by atoms with Gasteiger partial charge in [0.1, 0.15) is 5.75 Å². The van der Waals surface area contributed by atoms with Gasteiger partial charge in [-0.2, -0.15) is 0 Å². The first kappa shape index (κ1) is 19.9. The van der Waals surface area contributed by atoms with E-state index in [0.29, 0.717) is 31.5 Å². The third kappa shape index (κ3) is 5.84. The quantitative estimate of drug-likeness (QED) is 0.755. The molecule has 1 heterocycles. The standard InChI is InChI=1S/C19H27N3O4/c1-13(2)20-19(25)21-17(23)12-22-10-8-15(9-11-22)18(24)14-4-6-16(26-3)7-5-14/h4-7,13,15H,8-12H2,1-3H3,(H2,20,21,23,25). The summed E-state index contributed by atoms with van der Waals surface area (Å²) in [5, 5.41) is 4.94. The number of urea groups is 1. The summed E-state index contributed by atoms with van der Waals surface area (Å²) in [7, 11) is 1.59. The number of rotatable bonds is 6. The molecule has 0 bridgehead atoms. The molecule has 1 aromatic rings. The van der Waals surface area contributed by atoms with Crippen LogP contribution in [0.15, 0.2) is 24.3 Å². The highest BCUT2D eigenvalue weighted by molar-refractivity contribution is 5.98. The zero-order valence-electron chi connectivity index (χ0n) is 15.6. The van der Waals surface area contributed by atoms with E-state index in [1.165, 1.54) is 0 Å². The summed E-state index contributed by atoms with van der Waals surface area (Å²) >= 11 is 0. The van der Waals surface area contributed by atoms with Crippen LogP contribution in [0.1, 0.15) is 37.0 Å². The maximum atomic E-state index is 12.6. The van der Waals surface area contributed by atoms with Crippen LogP contribution in [0.25, 0.3) is 0 Å². The lowest BCUT2D eigenvalue weighted by molar-refractivity contribution is -0.121. The van der Waals surface area contributed by atoms with Crippen molar-refractivity contribution in [2.24, 2.45) is 5.92 Å². The number of methoxy groups -OCH3 is 1. The van der Waals surface area contributed by atoms with E-state index in [4.69, 9.17) is 4.74 Å². The van der Waals surface area contributed by atoms with Crippen molar-refractivity contribution in [1.29, 1.82) is 0 Å². The first-order valence-corrected chi connectivity index (χ1v) is 8.90. The number of carbonyl (C=O) groups excluding carboxylic acids is 3. The smallest absolute Gasteiger partial charge is 0.321 e. The van der Waals surface area contributed by atoms with Crippen LogP contribution in [0.5, 0.6) is 5.75 Å². The number of benzene rings is 1. The Balaban J connectivity index is 1.78. The molecule has 1 aromatic carbocycles. The molecule has 0 aliphatic carbocycles. The average Bonchev–Trinajstić information content (AvgIpc) is 2.61. The van der Waals surface area contributed by atoms with Gasteiger partial charge in [0.15, 0.2) is 5.78 Å². The third-order valence-electron chi connectivity index (χ3n) is 4.37. The van der Waals surface area contributed by atoms with E-state index >= 15 is 0 Å². The van der Waals surface area contributed by atoms with E-state index in [1.54, 1.807) is 31.4 Å². The topological polar surface area (TPSA) is 87.7 Å². The van der Waals surface area contributed by atoms with Gasteiger partial charge in [-0.05, 0) is 64.0 Å². The minimum absolute atomic E-state index is 0.0255. The van der Waals surface area contributed by atoms with Crippen LogP contribution >= 0.6 is 0 Å². The highest BCUT2D eigenvalue weighted by Gasteiger charge is 2.27. The molecule has 1 aliphatic rings. The predicted octanol–water partition coefficient (Wildman–Crippen LogP) is 1.82. The van der Waals surface area contributed by atoms with Crippen molar-refractivity contribution in [2.75, 3.05) is 26.7 Å². The second kappa shape index (κ2) is 9.33. The fraction of sp³-hybridized carbons (Fsp3) is 0.526. The predicted molar refractivity (Wildman–Crippen MR) is 98.3 cm³/mol. The summed E-state index contributed by atoms with van der Waals surface area (Å²) in [5.74, 6) is 0.493. The zero-order chi connectivity index (χ0) is 19.1. The number of nitrogens with one attached hydrogen (secondary N) is 2. The van der Waals surface area contributed by atoms with E-state index < -0.39 is 6.03 Å². The number of piperidine rings is 1. The van der Waals surface area contributed by atoms with Crippen LogP contribution in [-0.2, 0) is 4.79 Å². The Morgan fingerprint density at radius 3 is 2.31 bits per heavy atom. The van der Waals surface area contributed by atoms with Gasteiger partial charge in [-0.25, -0.2) is 4.79 Å². The van der Waals surface area contributed by atoms with Gasteiger partial charge in [-0.1, -0.05) is 0 Å². The molecule has 3 amide bonds. The van der Waals surface area contributed by atoms with Gasteiger partial charge >= 0.3 is 6.03 Å². The van der Waals surface area contributed by atoms with Gasteiger partial charge in [0.05, 0.1) is 13.7 Å². The molecule has 2 rings (SSSR count). The molecule has 0 aromatic heterocycles. The van der Waals surface area contributed by atoms with Crippen molar-refractivity contribution in [2.45, 2.75) is 32.7 Å². The third-order valence-corrected chi connectivity index (χ3v) is 4.37. The number of ketones is 1. The molecule has 0 atom stereocenters. The number of nitrogens with zero attached hydrogens (tertiary/aromatic N) is 1.